The molecule has 0 aliphatic carbocycles. The first kappa shape index (κ1) is 20.4. The van der Waals surface area contributed by atoms with Crippen molar-refractivity contribution in [2.45, 2.75) is 24.2 Å². The summed E-state index contributed by atoms with van der Waals surface area (Å²) in [6.45, 7) is 0.964. The van der Waals surface area contributed by atoms with Crippen molar-refractivity contribution in [1.82, 2.24) is 4.31 Å². The number of carbonyl (C=O) groups excluding carboxylic acids is 1. The number of halogens is 3. The van der Waals surface area contributed by atoms with E-state index in [4.69, 9.17) is 34.8 Å². The number of nitrogens with one attached hydrogen (secondary N) is 1. The lowest BCUT2D eigenvalue weighted by Gasteiger charge is -2.26. The number of hydrogen-bond donors (Lipinski definition) is 1. The second kappa shape index (κ2) is 8.37. The van der Waals surface area contributed by atoms with Gasteiger partial charge in [-0.3, -0.25) is 4.79 Å². The number of amides is 1. The summed E-state index contributed by atoms with van der Waals surface area (Å²) >= 11 is 18.0. The van der Waals surface area contributed by atoms with Gasteiger partial charge in [-0.1, -0.05) is 41.2 Å². The van der Waals surface area contributed by atoms with Crippen LogP contribution in [-0.2, 0) is 10.0 Å². The Morgan fingerprint density at radius 1 is 0.889 bits per heavy atom. The molecule has 1 aliphatic rings. The van der Waals surface area contributed by atoms with Crippen molar-refractivity contribution in [2.24, 2.45) is 0 Å². The Labute approximate surface area is 173 Å². The third kappa shape index (κ3) is 4.58. The number of rotatable bonds is 4. The van der Waals surface area contributed by atoms with E-state index in [9.17, 15) is 13.2 Å². The van der Waals surface area contributed by atoms with Crippen LogP contribution in [0, 0.1) is 0 Å². The van der Waals surface area contributed by atoms with Crippen LogP contribution in [0.2, 0.25) is 15.1 Å². The average molecular weight is 448 g/mol. The molecular weight excluding hydrogens is 431 g/mol. The molecule has 3 rings (SSSR count). The molecule has 0 aromatic heterocycles. The van der Waals surface area contributed by atoms with Gasteiger partial charge >= 0.3 is 0 Å². The van der Waals surface area contributed by atoms with E-state index in [2.05, 4.69) is 5.32 Å². The van der Waals surface area contributed by atoms with Crippen LogP contribution in [0.3, 0.4) is 0 Å². The molecule has 0 radical (unpaired) electrons. The van der Waals surface area contributed by atoms with Gasteiger partial charge in [-0.05, 0) is 49.2 Å². The van der Waals surface area contributed by atoms with E-state index in [1.54, 1.807) is 12.1 Å². The molecule has 144 valence electrons. The van der Waals surface area contributed by atoms with Gasteiger partial charge in [-0.15, -0.1) is 0 Å². The highest BCUT2D eigenvalue weighted by Gasteiger charge is 2.27. The van der Waals surface area contributed by atoms with Crippen LogP contribution in [-0.4, -0.2) is 31.7 Å². The Morgan fingerprint density at radius 2 is 1.56 bits per heavy atom. The van der Waals surface area contributed by atoms with Gasteiger partial charge in [0.05, 0.1) is 25.5 Å². The van der Waals surface area contributed by atoms with Crippen molar-refractivity contribution in [2.75, 3.05) is 18.4 Å². The fraction of sp³-hybridized carbons (Fsp3) is 0.278. The van der Waals surface area contributed by atoms with Gasteiger partial charge in [0.15, 0.2) is 0 Å². The fourth-order valence-electron chi connectivity index (χ4n) is 2.87. The van der Waals surface area contributed by atoms with Gasteiger partial charge in [0.25, 0.3) is 5.91 Å². The third-order valence-corrected chi connectivity index (χ3v) is 7.28. The summed E-state index contributed by atoms with van der Waals surface area (Å²) in [6, 6.07) is 8.79. The molecule has 2 aromatic carbocycles. The third-order valence-electron chi connectivity index (χ3n) is 4.31. The van der Waals surface area contributed by atoms with Crippen LogP contribution in [0.4, 0.5) is 5.69 Å². The SMILES string of the molecule is O=C(Nc1ccc(Cl)c(Cl)c1)c1cc(S(=O)(=O)N2CCCCC2)ccc1Cl. The second-order valence-corrected chi connectivity index (χ2v) is 9.35. The van der Waals surface area contributed by atoms with Crippen molar-refractivity contribution in [3.8, 4) is 0 Å². The predicted molar refractivity (Wildman–Crippen MR) is 108 cm³/mol. The summed E-state index contributed by atoms with van der Waals surface area (Å²) in [5.41, 5.74) is 0.496. The predicted octanol–water partition coefficient (Wildman–Crippen LogP) is 5.07. The molecule has 2 aromatic rings. The molecule has 1 N–H and O–H groups in total. The summed E-state index contributed by atoms with van der Waals surface area (Å²) in [4.78, 5) is 12.7. The number of sulfonamides is 1. The van der Waals surface area contributed by atoms with Crippen molar-refractivity contribution in [3.63, 3.8) is 0 Å². The summed E-state index contributed by atoms with van der Waals surface area (Å²) in [5, 5.41) is 3.46. The van der Waals surface area contributed by atoms with Crippen molar-refractivity contribution < 1.29 is 13.2 Å². The van der Waals surface area contributed by atoms with Crippen LogP contribution >= 0.6 is 34.8 Å². The maximum Gasteiger partial charge on any atom is 0.257 e. The minimum Gasteiger partial charge on any atom is -0.322 e. The maximum atomic E-state index is 12.8. The molecule has 1 saturated heterocycles. The standard InChI is InChI=1S/C18H17Cl3N2O3S/c19-15-7-5-13(27(25,26)23-8-2-1-3-9-23)11-14(15)18(24)22-12-4-6-16(20)17(21)10-12/h4-7,10-11H,1-3,8-9H2,(H,22,24). The highest BCUT2D eigenvalue weighted by molar-refractivity contribution is 7.89. The molecular formula is C18H17Cl3N2O3S. The lowest BCUT2D eigenvalue weighted by Crippen LogP contribution is -2.35. The molecule has 9 heteroatoms. The van der Waals surface area contributed by atoms with E-state index in [-0.39, 0.29) is 15.5 Å². The van der Waals surface area contributed by atoms with Gasteiger partial charge < -0.3 is 5.32 Å². The van der Waals surface area contributed by atoms with E-state index < -0.39 is 15.9 Å². The molecule has 1 aliphatic heterocycles. The molecule has 0 spiro atoms. The molecule has 0 unspecified atom stereocenters. The van der Waals surface area contributed by atoms with E-state index in [1.165, 1.54) is 28.6 Å². The molecule has 5 nitrogen and oxygen atoms in total. The Morgan fingerprint density at radius 3 is 2.22 bits per heavy atom. The topological polar surface area (TPSA) is 66.5 Å². The zero-order valence-electron chi connectivity index (χ0n) is 14.2. The Kier molecular flexibility index (Phi) is 6.33. The molecule has 0 saturated carbocycles. The van der Waals surface area contributed by atoms with Crippen LogP contribution in [0.25, 0.3) is 0 Å². The van der Waals surface area contributed by atoms with E-state index in [1.807, 2.05) is 0 Å². The van der Waals surface area contributed by atoms with Gasteiger partial charge in [0.2, 0.25) is 10.0 Å². The molecule has 0 bridgehead atoms. The van der Waals surface area contributed by atoms with Gasteiger partial charge in [0, 0.05) is 18.8 Å². The second-order valence-electron chi connectivity index (χ2n) is 6.19. The van der Waals surface area contributed by atoms with E-state index in [0.29, 0.717) is 28.8 Å². The van der Waals surface area contributed by atoms with Crippen molar-refractivity contribution in [3.05, 3.63) is 57.0 Å². The number of benzene rings is 2. The van der Waals surface area contributed by atoms with Crippen LogP contribution < -0.4 is 5.32 Å². The zero-order chi connectivity index (χ0) is 19.6. The largest absolute Gasteiger partial charge is 0.322 e. The van der Waals surface area contributed by atoms with Gasteiger partial charge in [-0.2, -0.15) is 4.31 Å². The molecule has 1 amide bonds. The fourth-order valence-corrected chi connectivity index (χ4v) is 4.91. The number of piperidine rings is 1. The van der Waals surface area contributed by atoms with Crippen LogP contribution in [0.15, 0.2) is 41.3 Å². The van der Waals surface area contributed by atoms with Crippen molar-refractivity contribution in [1.29, 1.82) is 0 Å². The average Bonchev–Trinajstić information content (AvgIpc) is 2.65. The minimum absolute atomic E-state index is 0.0492. The Balaban J connectivity index is 1.88. The highest BCUT2D eigenvalue weighted by atomic mass is 35.5. The molecule has 27 heavy (non-hydrogen) atoms. The van der Waals surface area contributed by atoms with Crippen LogP contribution in [0.5, 0.6) is 0 Å². The first-order valence-electron chi connectivity index (χ1n) is 8.35. The van der Waals surface area contributed by atoms with E-state index in [0.717, 1.165) is 19.3 Å². The van der Waals surface area contributed by atoms with Crippen LogP contribution in [0.1, 0.15) is 29.6 Å². The first-order chi connectivity index (χ1) is 12.8. The molecule has 1 heterocycles. The minimum atomic E-state index is -3.66. The summed E-state index contributed by atoms with van der Waals surface area (Å²) in [6.07, 6.45) is 2.68. The summed E-state index contributed by atoms with van der Waals surface area (Å²) in [5.74, 6) is -0.533. The monoisotopic (exact) mass is 446 g/mol. The van der Waals surface area contributed by atoms with E-state index >= 15 is 0 Å². The normalized spacial score (nSPS) is 15.5. The highest BCUT2D eigenvalue weighted by Crippen LogP contribution is 2.28. The smallest absolute Gasteiger partial charge is 0.257 e. The maximum absolute atomic E-state index is 12.8. The quantitative estimate of drug-likeness (QED) is 0.711. The summed E-state index contributed by atoms with van der Waals surface area (Å²) in [7, 11) is -3.66. The number of anilines is 1. The van der Waals surface area contributed by atoms with Crippen molar-refractivity contribution >= 4 is 56.4 Å². The Hall–Kier alpha value is -1.31. The lowest BCUT2D eigenvalue weighted by molar-refractivity contribution is 0.102. The van der Waals surface area contributed by atoms with Gasteiger partial charge in [-0.25, -0.2) is 8.42 Å². The number of carbonyl (C=O) groups is 1. The molecule has 0 atom stereocenters. The first-order valence-corrected chi connectivity index (χ1v) is 10.9. The molecule has 1 fully saturated rings. The Bertz CT molecular complexity index is 974. The number of hydrogen-bond acceptors (Lipinski definition) is 3. The number of nitrogens with zero attached hydrogens (tertiary/aromatic N) is 1. The van der Waals surface area contributed by atoms with Gasteiger partial charge in [0.1, 0.15) is 0 Å². The zero-order valence-corrected chi connectivity index (χ0v) is 17.3. The summed E-state index contributed by atoms with van der Waals surface area (Å²) < 4.78 is 27.1. The lowest BCUT2D eigenvalue weighted by atomic mass is 10.2.